The molecule has 0 bridgehead atoms. The van der Waals surface area contributed by atoms with Crippen molar-refractivity contribution in [2.75, 3.05) is 11.1 Å². The van der Waals surface area contributed by atoms with Crippen molar-refractivity contribution in [1.29, 1.82) is 5.26 Å². The minimum absolute atomic E-state index is 0.00898. The molecule has 0 unspecified atom stereocenters. The van der Waals surface area contributed by atoms with Crippen LogP contribution in [-0.4, -0.2) is 48.6 Å². The van der Waals surface area contributed by atoms with Crippen LogP contribution >= 0.6 is 0 Å². The van der Waals surface area contributed by atoms with Crippen LogP contribution in [-0.2, 0) is 16.4 Å². The Morgan fingerprint density at radius 2 is 1.90 bits per heavy atom. The van der Waals surface area contributed by atoms with Gasteiger partial charge in [0.1, 0.15) is 17.9 Å². The summed E-state index contributed by atoms with van der Waals surface area (Å²) < 4.78 is 25.5. The molecule has 4 heterocycles. The second-order valence-corrected chi connectivity index (χ2v) is 12.4. The summed E-state index contributed by atoms with van der Waals surface area (Å²) in [5, 5.41) is 13.0. The Bertz CT molecular complexity index is 1790. The Morgan fingerprint density at radius 1 is 1.12 bits per heavy atom. The number of aromatic nitrogens is 7. The Morgan fingerprint density at radius 3 is 2.52 bits per heavy atom. The highest BCUT2D eigenvalue weighted by Crippen LogP contribution is 2.43. The lowest BCUT2D eigenvalue weighted by Gasteiger charge is -2.20. The van der Waals surface area contributed by atoms with E-state index in [4.69, 9.17) is 4.98 Å². The van der Waals surface area contributed by atoms with Crippen molar-refractivity contribution in [3.05, 3.63) is 58.3 Å². The van der Waals surface area contributed by atoms with E-state index in [1.807, 2.05) is 20.8 Å². The molecule has 12 nitrogen and oxygen atoms in total. The van der Waals surface area contributed by atoms with Gasteiger partial charge in [-0.25, -0.2) is 33.3 Å². The number of sulfone groups is 1. The lowest BCUT2D eigenvalue weighted by atomic mass is 10.1. The van der Waals surface area contributed by atoms with Crippen LogP contribution in [0, 0.1) is 24.2 Å². The quantitative estimate of drug-likeness (QED) is 0.319. The average Bonchev–Trinajstić information content (AvgIpc) is 3.79. The first kappa shape index (κ1) is 27.3. The molecule has 4 aromatic rings. The molecule has 40 heavy (non-hydrogen) atoms. The van der Waals surface area contributed by atoms with Gasteiger partial charge in [0.05, 0.1) is 52.1 Å². The van der Waals surface area contributed by atoms with Gasteiger partial charge in [-0.2, -0.15) is 5.26 Å². The summed E-state index contributed by atoms with van der Waals surface area (Å²) in [5.41, 5.74) is 2.96. The van der Waals surface area contributed by atoms with Gasteiger partial charge in [0.15, 0.2) is 27.1 Å². The molecule has 1 N–H and O–H groups in total. The summed E-state index contributed by atoms with van der Waals surface area (Å²) in [5.74, 6) is 0.503. The Kier molecular flexibility index (Phi) is 7.29. The maximum absolute atomic E-state index is 13.7. The number of nitriles is 1. The highest BCUT2D eigenvalue weighted by atomic mass is 32.2. The molecule has 13 heteroatoms. The summed E-state index contributed by atoms with van der Waals surface area (Å²) in [7, 11) is -3.37. The number of pyridine rings is 1. The van der Waals surface area contributed by atoms with Crippen LogP contribution < -0.4 is 10.9 Å². The third kappa shape index (κ3) is 5.14. The normalized spacial score (nSPS) is 14.3. The minimum atomic E-state index is -3.37. The van der Waals surface area contributed by atoms with Crippen LogP contribution in [0.15, 0.2) is 40.5 Å². The number of fused-ring (bicyclic) bond motifs is 1. The molecular formula is C27H29N9O3S. The second-order valence-electron chi connectivity index (χ2n) is 10.1. The highest BCUT2D eigenvalue weighted by molar-refractivity contribution is 7.91. The van der Waals surface area contributed by atoms with Crippen molar-refractivity contribution in [3.63, 3.8) is 0 Å². The van der Waals surface area contributed by atoms with Gasteiger partial charge in [0.2, 0.25) is 0 Å². The van der Waals surface area contributed by atoms with Gasteiger partial charge in [0.25, 0.3) is 5.56 Å². The molecule has 0 amide bonds. The van der Waals surface area contributed by atoms with Gasteiger partial charge in [-0.15, -0.1) is 0 Å². The van der Waals surface area contributed by atoms with E-state index >= 15 is 0 Å². The van der Waals surface area contributed by atoms with Gasteiger partial charge < -0.3 is 5.32 Å². The predicted molar refractivity (Wildman–Crippen MR) is 148 cm³/mol. The van der Waals surface area contributed by atoms with E-state index in [9.17, 15) is 18.5 Å². The first-order valence-electron chi connectivity index (χ1n) is 13.1. The first-order valence-corrected chi connectivity index (χ1v) is 14.7. The molecule has 4 aromatic heterocycles. The number of hydrogen-bond donors (Lipinski definition) is 1. The third-order valence-corrected chi connectivity index (χ3v) is 8.62. The largest absolute Gasteiger partial charge is 0.360 e. The second kappa shape index (κ2) is 10.7. The third-order valence-electron chi connectivity index (χ3n) is 6.90. The molecule has 1 aliphatic carbocycles. The van der Waals surface area contributed by atoms with E-state index in [0.29, 0.717) is 23.0 Å². The van der Waals surface area contributed by atoms with Gasteiger partial charge in [0, 0.05) is 12.1 Å². The Hall–Kier alpha value is -4.31. The maximum Gasteiger partial charge on any atom is 0.296 e. The molecular weight excluding hydrogens is 530 g/mol. The van der Waals surface area contributed by atoms with Crippen molar-refractivity contribution in [1.82, 2.24) is 34.5 Å². The summed E-state index contributed by atoms with van der Waals surface area (Å²) >= 11 is 0. The van der Waals surface area contributed by atoms with Crippen molar-refractivity contribution in [2.45, 2.75) is 63.9 Å². The fourth-order valence-electron chi connectivity index (χ4n) is 4.47. The van der Waals surface area contributed by atoms with E-state index in [2.05, 4.69) is 36.3 Å². The van der Waals surface area contributed by atoms with E-state index < -0.39 is 21.4 Å². The molecule has 0 aromatic carbocycles. The number of nitrogens with one attached hydrogen (secondary N) is 1. The number of anilines is 1. The molecule has 1 aliphatic rings. The maximum atomic E-state index is 13.7. The molecule has 0 saturated heterocycles. The van der Waals surface area contributed by atoms with Gasteiger partial charge in [-0.05, 0) is 37.8 Å². The van der Waals surface area contributed by atoms with Crippen LogP contribution in [0.2, 0.25) is 0 Å². The van der Waals surface area contributed by atoms with Crippen molar-refractivity contribution in [3.8, 4) is 17.5 Å². The summed E-state index contributed by atoms with van der Waals surface area (Å²) in [4.78, 5) is 40.7. The minimum Gasteiger partial charge on any atom is -0.360 e. The summed E-state index contributed by atoms with van der Waals surface area (Å²) in [6.45, 7) is 7.28. The van der Waals surface area contributed by atoms with E-state index in [1.165, 1.54) is 16.8 Å². The Labute approximate surface area is 231 Å². The smallest absolute Gasteiger partial charge is 0.296 e. The number of rotatable bonds is 9. The molecule has 1 saturated carbocycles. The lowest BCUT2D eigenvalue weighted by Crippen LogP contribution is -2.31. The molecule has 206 valence electrons. The fraction of sp³-hybridized carbons (Fsp3) is 0.407. The van der Waals surface area contributed by atoms with Crippen LogP contribution in [0.3, 0.4) is 0 Å². The highest BCUT2D eigenvalue weighted by Gasteiger charge is 2.31. The van der Waals surface area contributed by atoms with Crippen LogP contribution in [0.4, 0.5) is 5.82 Å². The van der Waals surface area contributed by atoms with Crippen molar-refractivity contribution >= 4 is 26.8 Å². The van der Waals surface area contributed by atoms with Crippen molar-refractivity contribution < 1.29 is 8.42 Å². The van der Waals surface area contributed by atoms with Crippen LogP contribution in [0.1, 0.15) is 62.7 Å². The zero-order chi connectivity index (χ0) is 28.6. The van der Waals surface area contributed by atoms with Gasteiger partial charge in [-0.1, -0.05) is 20.8 Å². The molecule has 1 atom stereocenters. The molecule has 1 fully saturated rings. The fourth-order valence-corrected chi connectivity index (χ4v) is 5.30. The Balaban J connectivity index is 1.58. The average molecular weight is 560 g/mol. The van der Waals surface area contributed by atoms with Crippen LogP contribution in [0.5, 0.6) is 0 Å². The number of hydrogen-bond acceptors (Lipinski definition) is 11. The zero-order valence-electron chi connectivity index (χ0n) is 22.7. The first-order chi connectivity index (χ1) is 19.1. The molecule has 0 spiro atoms. The summed E-state index contributed by atoms with van der Waals surface area (Å²) in [6.07, 6.45) is 6.45. The van der Waals surface area contributed by atoms with Crippen molar-refractivity contribution in [2.24, 2.45) is 5.92 Å². The topological polar surface area (TPSA) is 169 Å². The summed E-state index contributed by atoms with van der Waals surface area (Å²) in [6, 6.07) is 4.50. The molecule has 5 rings (SSSR count). The van der Waals surface area contributed by atoms with Crippen LogP contribution in [0.25, 0.3) is 22.6 Å². The molecule has 0 radical (unpaired) electrons. The van der Waals surface area contributed by atoms with E-state index in [1.54, 1.807) is 25.5 Å². The monoisotopic (exact) mass is 559 g/mol. The van der Waals surface area contributed by atoms with Gasteiger partial charge >= 0.3 is 0 Å². The molecule has 0 aliphatic heterocycles. The lowest BCUT2D eigenvalue weighted by molar-refractivity contribution is 0.458. The standard InChI is InChI=1S/C27H29N9O3S/c1-5-40(38,39)19-9-8-18(29-12-19)11-30-25-27(37)36(21(10-28)15(2)3)26-20(34-25)13-31-24(35-26)22-16(4)32-14-33-23(22)17-6-7-17/h8-9,12-15,17,21H,5-7,11H2,1-4H3,(H,30,34)/t21-/m1/s1. The number of nitrogens with zero attached hydrogens (tertiary/aromatic N) is 8. The van der Waals surface area contributed by atoms with E-state index in [0.717, 1.165) is 29.8 Å². The van der Waals surface area contributed by atoms with Gasteiger partial charge in [-0.3, -0.25) is 14.3 Å². The SMILES string of the molecule is CCS(=O)(=O)c1ccc(CNc2nc3cnc(-c4c(C)ncnc4C4CC4)nc3n([C@H](C#N)C(C)C)c2=O)nc1. The zero-order valence-corrected chi connectivity index (χ0v) is 23.5. The number of aryl methyl sites for hydroxylation is 1. The van der Waals surface area contributed by atoms with E-state index in [-0.39, 0.29) is 34.6 Å². The predicted octanol–water partition coefficient (Wildman–Crippen LogP) is 3.35.